The summed E-state index contributed by atoms with van der Waals surface area (Å²) in [5.74, 6) is -1.16. The van der Waals surface area contributed by atoms with E-state index in [2.05, 4.69) is 25.9 Å². The van der Waals surface area contributed by atoms with Crippen molar-refractivity contribution < 1.29 is 33.1 Å². The molecule has 1 saturated carbocycles. The maximum Gasteiger partial charge on any atom is 0.328 e. The molecule has 10 rings (SSSR count). The number of piperidine rings is 1. The Morgan fingerprint density at radius 1 is 0.908 bits per heavy atom. The molecule has 1 spiro atoms. The van der Waals surface area contributed by atoms with Gasteiger partial charge in [-0.25, -0.2) is 18.7 Å². The molecule has 1 aliphatic carbocycles. The fourth-order valence-corrected chi connectivity index (χ4v) is 10.1. The molecule has 0 unspecified atom stereocenters. The topological polar surface area (TPSA) is 187 Å². The summed E-state index contributed by atoms with van der Waals surface area (Å²) in [6, 6.07) is 11.4. The number of hydrogen-bond donors (Lipinski definition) is 3. The van der Waals surface area contributed by atoms with Gasteiger partial charge in [-0.2, -0.15) is 0 Å². The molecular weight excluding hydrogens is 857 g/mol. The second-order valence-electron chi connectivity index (χ2n) is 17.6. The van der Waals surface area contributed by atoms with Crippen molar-refractivity contribution in [1.82, 2.24) is 40.0 Å². The number of aryl methyl sites for hydroxylation is 1. The van der Waals surface area contributed by atoms with Crippen molar-refractivity contribution in [3.63, 3.8) is 0 Å². The van der Waals surface area contributed by atoms with E-state index in [1.165, 1.54) is 23.4 Å². The summed E-state index contributed by atoms with van der Waals surface area (Å²) in [6.45, 7) is 4.43. The van der Waals surface area contributed by atoms with Crippen molar-refractivity contribution in [2.75, 3.05) is 68.5 Å². The minimum Gasteiger partial charge on any atom is -0.385 e. The largest absolute Gasteiger partial charge is 0.385 e. The number of nitrogens with one attached hydrogen (secondary N) is 3. The van der Waals surface area contributed by atoms with Crippen LogP contribution in [0.2, 0.25) is 5.02 Å². The smallest absolute Gasteiger partial charge is 0.328 e. The van der Waals surface area contributed by atoms with Crippen molar-refractivity contribution in [2.45, 2.75) is 57.6 Å². The molecule has 6 amide bonds. The molecule has 3 N–H and O–H groups in total. The van der Waals surface area contributed by atoms with Crippen LogP contribution in [0, 0.1) is 18.2 Å². The van der Waals surface area contributed by atoms with Gasteiger partial charge in [0.05, 0.1) is 40.3 Å². The highest BCUT2D eigenvalue weighted by atomic mass is 35.5. The lowest BCUT2D eigenvalue weighted by Gasteiger charge is -2.54. The normalized spacial score (nSPS) is 20.1. The van der Waals surface area contributed by atoms with Crippen LogP contribution in [0.4, 0.5) is 32.1 Å². The van der Waals surface area contributed by atoms with E-state index in [0.717, 1.165) is 24.1 Å². The molecule has 5 aromatic rings. The van der Waals surface area contributed by atoms with E-state index >= 15 is 4.39 Å². The number of nitrogens with zero attached hydrogens (tertiary/aromatic N) is 8. The van der Waals surface area contributed by atoms with Gasteiger partial charge < -0.3 is 30.1 Å². The fraction of sp³-hybridized carbons (Fsp3) is 0.391. The van der Waals surface area contributed by atoms with Gasteiger partial charge in [-0.05, 0) is 74.4 Å². The Labute approximate surface area is 378 Å². The van der Waals surface area contributed by atoms with Crippen molar-refractivity contribution in [3.8, 4) is 11.3 Å². The molecule has 0 radical (unpaired) electrons. The van der Waals surface area contributed by atoms with Crippen molar-refractivity contribution in [1.29, 1.82) is 0 Å². The zero-order chi connectivity index (χ0) is 45.3. The van der Waals surface area contributed by atoms with Crippen LogP contribution in [0.25, 0.3) is 16.9 Å². The van der Waals surface area contributed by atoms with Crippen LogP contribution in [0.15, 0.2) is 54.9 Å². The number of rotatable bonds is 9. The average molecular weight is 904 g/mol. The first kappa shape index (κ1) is 42.3. The first-order chi connectivity index (χ1) is 31.3. The minimum atomic E-state index is -0.604. The molecule has 0 bridgehead atoms. The molecule has 17 nitrogen and oxygen atoms in total. The number of urea groups is 1. The number of imidazole rings is 1. The third kappa shape index (κ3) is 7.37. The number of hydrogen-bond acceptors (Lipinski definition) is 11. The van der Waals surface area contributed by atoms with E-state index < -0.39 is 11.8 Å². The summed E-state index contributed by atoms with van der Waals surface area (Å²) >= 11 is 6.57. The van der Waals surface area contributed by atoms with Crippen molar-refractivity contribution in [3.05, 3.63) is 93.6 Å². The molecule has 2 atom stereocenters. The summed E-state index contributed by atoms with van der Waals surface area (Å²) < 4.78 is 23.1. The summed E-state index contributed by atoms with van der Waals surface area (Å²) in [4.78, 5) is 81.0. The Hall–Kier alpha value is -6.66. The highest BCUT2D eigenvalue weighted by Crippen LogP contribution is 2.43. The lowest BCUT2D eigenvalue weighted by Crippen LogP contribution is -2.62. The molecular formula is C46H47ClFN11O6. The van der Waals surface area contributed by atoms with Crippen molar-refractivity contribution in [2.24, 2.45) is 5.41 Å². The molecule has 5 aliphatic rings. The molecule has 4 aliphatic heterocycles. The van der Waals surface area contributed by atoms with Gasteiger partial charge in [-0.3, -0.25) is 34.4 Å². The van der Waals surface area contributed by atoms with Gasteiger partial charge in [-0.15, -0.1) is 5.10 Å². The predicted molar refractivity (Wildman–Crippen MR) is 239 cm³/mol. The molecule has 3 aromatic heterocycles. The number of carbonyl (C=O) groups excluding carboxylic acids is 5. The Kier molecular flexibility index (Phi) is 10.7. The summed E-state index contributed by atoms with van der Waals surface area (Å²) in [5.41, 5.74) is 5.40. The van der Waals surface area contributed by atoms with Gasteiger partial charge in [0.15, 0.2) is 17.2 Å². The number of amides is 6. The van der Waals surface area contributed by atoms with Gasteiger partial charge in [-0.1, -0.05) is 23.7 Å². The zero-order valence-corrected chi connectivity index (χ0v) is 36.9. The number of fused-ring (bicyclic) bond motifs is 2. The monoisotopic (exact) mass is 903 g/mol. The molecule has 19 heteroatoms. The summed E-state index contributed by atoms with van der Waals surface area (Å²) in [7, 11) is 3.42. The van der Waals surface area contributed by atoms with Crippen LogP contribution < -0.4 is 25.8 Å². The highest BCUT2D eigenvalue weighted by molar-refractivity contribution is 6.35. The predicted octanol–water partition coefficient (Wildman–Crippen LogP) is 5.36. The van der Waals surface area contributed by atoms with E-state index in [0.29, 0.717) is 102 Å². The number of likely N-dealkylation sites (tertiary alicyclic amines) is 2. The van der Waals surface area contributed by atoms with Gasteiger partial charge in [0.1, 0.15) is 11.5 Å². The van der Waals surface area contributed by atoms with Crippen LogP contribution in [0.3, 0.4) is 0 Å². The van der Waals surface area contributed by atoms with E-state index in [9.17, 15) is 24.0 Å². The quantitative estimate of drug-likeness (QED) is 0.173. The van der Waals surface area contributed by atoms with Gasteiger partial charge in [0.2, 0.25) is 5.91 Å². The number of imide groups is 1. The molecule has 4 fully saturated rings. The first-order valence-corrected chi connectivity index (χ1v) is 22.2. The van der Waals surface area contributed by atoms with Gasteiger partial charge in [0, 0.05) is 94.3 Å². The first-order valence-electron chi connectivity index (χ1n) is 21.8. The van der Waals surface area contributed by atoms with E-state index in [1.54, 1.807) is 47.5 Å². The van der Waals surface area contributed by atoms with Crippen LogP contribution in [0.1, 0.15) is 74.4 Å². The highest BCUT2D eigenvalue weighted by Gasteiger charge is 2.48. The maximum absolute atomic E-state index is 16.1. The Bertz CT molecular complexity index is 2820. The minimum absolute atomic E-state index is 0.0243. The van der Waals surface area contributed by atoms with Crippen LogP contribution >= 0.6 is 11.6 Å². The molecule has 336 valence electrons. The summed E-state index contributed by atoms with van der Waals surface area (Å²) in [5, 5.41) is 13.7. The second-order valence-corrected chi connectivity index (χ2v) is 17.9. The molecule has 65 heavy (non-hydrogen) atoms. The molecule has 2 aromatic carbocycles. The van der Waals surface area contributed by atoms with Crippen molar-refractivity contribution >= 4 is 69.8 Å². The van der Waals surface area contributed by atoms with Gasteiger partial charge in [0.25, 0.3) is 17.7 Å². The number of ether oxygens (including phenoxy) is 1. The third-order valence-corrected chi connectivity index (χ3v) is 14.2. The van der Waals surface area contributed by atoms with Crippen LogP contribution in [-0.2, 0) is 16.0 Å². The Morgan fingerprint density at radius 3 is 2.38 bits per heavy atom. The number of halogens is 2. The SMILES string of the molecule is CNc1cc(N2CCc3c(-c4ncc(C(=O)N5CC6(CCN(C(=O)c7cc(C)c(Cl)c(N8CCC(=O)NC8=O)c7)CC6)C5)cc4F)cccc32)nn2c(C(=O)N[C@@H]3CC[C@H]3OC)cnc12. The number of aromatic nitrogens is 4. The number of benzene rings is 2. The standard InChI is InChI=1S/C46H47ClFN11O6/c1-25-17-26(19-34(39(25)47)58-14-10-38(60)53-45(58)64)43(62)55-15-11-46(12-16-55)23-56(24-46)44(63)27-18-30(48)40(50-21-27)29-5-4-6-33-28(29)9-13-57(33)37-20-32(49-2)41-51-22-35(59(41)54-37)42(61)52-31-7-8-36(31)65-3/h4-6,17-22,31,36,49H,7-16,23-24H2,1-3H3,(H,52,61)(H,53,60,64)/t31-,36-/m1/s1. The lowest BCUT2D eigenvalue weighted by atomic mass is 9.71. The zero-order valence-electron chi connectivity index (χ0n) is 36.1. The van der Waals surface area contributed by atoms with E-state index in [-0.39, 0.29) is 65.4 Å². The lowest BCUT2D eigenvalue weighted by molar-refractivity contribution is -0.120. The van der Waals surface area contributed by atoms with Crippen LogP contribution in [0.5, 0.6) is 0 Å². The number of pyridine rings is 1. The van der Waals surface area contributed by atoms with Gasteiger partial charge >= 0.3 is 6.03 Å². The number of carbonyl (C=O) groups is 5. The second kappa shape index (κ2) is 16.4. The Morgan fingerprint density at radius 2 is 1.68 bits per heavy atom. The van der Waals surface area contributed by atoms with E-state index in [1.807, 2.05) is 29.2 Å². The number of anilines is 4. The number of methoxy groups -OCH3 is 1. The third-order valence-electron chi connectivity index (χ3n) is 13.7. The van der Waals surface area contributed by atoms with E-state index in [4.69, 9.17) is 21.4 Å². The maximum atomic E-state index is 16.1. The fourth-order valence-electron chi connectivity index (χ4n) is 9.87. The summed E-state index contributed by atoms with van der Waals surface area (Å²) in [6.07, 6.45) is 6.74. The molecule has 7 heterocycles. The average Bonchev–Trinajstić information content (AvgIpc) is 3.93. The molecule has 3 saturated heterocycles. The van der Waals surface area contributed by atoms with Crippen LogP contribution in [-0.4, -0.2) is 125 Å². The Balaban J connectivity index is 0.799.